The summed E-state index contributed by atoms with van der Waals surface area (Å²) in [6, 6.07) is 4.72. The molecule has 1 aromatic heterocycles. The van der Waals surface area contributed by atoms with Crippen molar-refractivity contribution in [2.75, 3.05) is 20.2 Å². The third-order valence-electron chi connectivity index (χ3n) is 3.75. The summed E-state index contributed by atoms with van der Waals surface area (Å²) in [5, 5.41) is 1.98. The second-order valence-corrected chi connectivity index (χ2v) is 5.92. The summed E-state index contributed by atoms with van der Waals surface area (Å²) in [4.78, 5) is 15.4. The number of pyridine rings is 1. The number of amides is 1. The minimum Gasteiger partial charge on any atom is -0.477 e. The first-order valence-electron chi connectivity index (χ1n) is 8.25. The fraction of sp³-hybridized carbons (Fsp3) is 0.333. The van der Waals surface area contributed by atoms with Crippen LogP contribution in [0.3, 0.4) is 0 Å². The van der Waals surface area contributed by atoms with Crippen molar-refractivity contribution >= 4 is 5.91 Å². The van der Waals surface area contributed by atoms with Crippen LogP contribution in [0.5, 0.6) is 5.88 Å². The predicted molar refractivity (Wildman–Crippen MR) is 91.9 cm³/mol. The van der Waals surface area contributed by atoms with Crippen LogP contribution in [0.4, 0.5) is 22.0 Å². The summed E-state index contributed by atoms with van der Waals surface area (Å²) in [6.45, 7) is -0.430. The molecule has 0 aliphatic carbocycles. The maximum atomic E-state index is 14.0. The van der Waals surface area contributed by atoms with Gasteiger partial charge in [-0.25, -0.2) is 13.8 Å². The Bertz CT molecular complexity index is 856. The molecular formula is C18H18F5N3O2. The zero-order valence-corrected chi connectivity index (χ0v) is 14.9. The second-order valence-electron chi connectivity index (χ2n) is 5.92. The normalized spacial score (nSPS) is 13.1. The number of fused-ring (bicyclic) bond motifs is 1. The first-order chi connectivity index (χ1) is 13.1. The first-order valence-corrected chi connectivity index (χ1v) is 8.25. The molecule has 0 saturated carbocycles. The topological polar surface area (TPSA) is 77.2 Å². The van der Waals surface area contributed by atoms with Gasteiger partial charge in [-0.1, -0.05) is 0 Å². The lowest BCUT2D eigenvalue weighted by Crippen LogP contribution is -2.25. The molecule has 152 valence electrons. The summed E-state index contributed by atoms with van der Waals surface area (Å²) in [6.07, 6.45) is -2.65. The van der Waals surface area contributed by atoms with E-state index in [0.717, 1.165) is 12.5 Å². The highest BCUT2D eigenvalue weighted by Crippen LogP contribution is 2.35. The Labute approximate surface area is 157 Å². The molecule has 2 heterocycles. The van der Waals surface area contributed by atoms with Crippen LogP contribution in [0, 0.1) is 11.6 Å². The van der Waals surface area contributed by atoms with Gasteiger partial charge in [0.2, 0.25) is 5.88 Å². The number of aromatic nitrogens is 1. The standard InChI is InChI=1S/C15H12F2N2O2.C3H6F3N/c16-8-3-4-9(12(17)6-8)11-7-13(14(18)20)19-15-10(11)2-1-5-21-15;1-7-2-3(4,5)6/h3-4,6-7H,1-2,5H2,(H2,18,20);7H,2H2,1H3. The van der Waals surface area contributed by atoms with E-state index in [4.69, 9.17) is 10.5 Å². The number of halogens is 5. The van der Waals surface area contributed by atoms with Gasteiger partial charge in [-0.05, 0) is 43.7 Å². The summed E-state index contributed by atoms with van der Waals surface area (Å²) in [7, 11) is 1.26. The number of primary amides is 1. The van der Waals surface area contributed by atoms with Crippen LogP contribution >= 0.6 is 0 Å². The molecule has 3 rings (SSSR count). The van der Waals surface area contributed by atoms with Gasteiger partial charge in [-0.2, -0.15) is 13.2 Å². The summed E-state index contributed by atoms with van der Waals surface area (Å²) < 4.78 is 65.5. The van der Waals surface area contributed by atoms with E-state index in [2.05, 4.69) is 4.98 Å². The Kier molecular flexibility index (Phi) is 6.90. The van der Waals surface area contributed by atoms with E-state index in [9.17, 15) is 26.7 Å². The minimum absolute atomic E-state index is 0.00521. The molecule has 0 saturated heterocycles. The molecule has 1 aromatic carbocycles. The Balaban J connectivity index is 0.000000345. The molecule has 10 heteroatoms. The highest BCUT2D eigenvalue weighted by atomic mass is 19.4. The predicted octanol–water partition coefficient (Wildman–Crippen LogP) is 3.22. The van der Waals surface area contributed by atoms with Gasteiger partial charge in [-0.15, -0.1) is 0 Å². The van der Waals surface area contributed by atoms with Crippen LogP contribution in [0.2, 0.25) is 0 Å². The van der Waals surface area contributed by atoms with Gasteiger partial charge < -0.3 is 15.8 Å². The third kappa shape index (κ3) is 5.62. The fourth-order valence-corrected chi connectivity index (χ4v) is 2.60. The highest BCUT2D eigenvalue weighted by molar-refractivity contribution is 5.93. The summed E-state index contributed by atoms with van der Waals surface area (Å²) >= 11 is 0. The van der Waals surface area contributed by atoms with Crippen molar-refractivity contribution in [3.63, 3.8) is 0 Å². The van der Waals surface area contributed by atoms with E-state index in [1.807, 2.05) is 5.32 Å². The molecular weight excluding hydrogens is 385 g/mol. The molecule has 3 N–H and O–H groups in total. The minimum atomic E-state index is -4.06. The van der Waals surface area contributed by atoms with Crippen molar-refractivity contribution in [1.29, 1.82) is 0 Å². The first kappa shape index (κ1) is 21.5. The van der Waals surface area contributed by atoms with Gasteiger partial charge in [0.25, 0.3) is 5.91 Å². The molecule has 5 nitrogen and oxygen atoms in total. The number of carbonyl (C=O) groups is 1. The van der Waals surface area contributed by atoms with Crippen molar-refractivity contribution in [2.45, 2.75) is 19.0 Å². The molecule has 0 bridgehead atoms. The van der Waals surface area contributed by atoms with Gasteiger partial charge in [-0.3, -0.25) is 4.79 Å². The van der Waals surface area contributed by atoms with E-state index in [1.165, 1.54) is 25.2 Å². The Morgan fingerprint density at radius 3 is 2.50 bits per heavy atom. The number of ether oxygens (including phenoxy) is 1. The molecule has 0 fully saturated rings. The van der Waals surface area contributed by atoms with Crippen LogP contribution in [-0.2, 0) is 6.42 Å². The molecule has 1 amide bonds. The number of nitrogens with two attached hydrogens (primary N) is 1. The van der Waals surface area contributed by atoms with Gasteiger partial charge in [0.05, 0.1) is 13.2 Å². The SMILES string of the molecule is CNCC(F)(F)F.NC(=O)c1cc(-c2ccc(F)cc2F)c2c(n1)OCCC2. The highest BCUT2D eigenvalue weighted by Gasteiger charge is 2.25. The Morgan fingerprint density at radius 2 is 1.96 bits per heavy atom. The lowest BCUT2D eigenvalue weighted by molar-refractivity contribution is -0.123. The number of rotatable bonds is 3. The van der Waals surface area contributed by atoms with Crippen LogP contribution < -0.4 is 15.8 Å². The number of hydrogen-bond donors (Lipinski definition) is 2. The molecule has 1 aliphatic heterocycles. The van der Waals surface area contributed by atoms with Crippen LogP contribution in [-0.4, -0.2) is 37.3 Å². The number of nitrogens with one attached hydrogen (secondary N) is 1. The van der Waals surface area contributed by atoms with Crippen molar-refractivity contribution in [2.24, 2.45) is 5.73 Å². The van der Waals surface area contributed by atoms with E-state index >= 15 is 0 Å². The maximum absolute atomic E-state index is 14.0. The van der Waals surface area contributed by atoms with E-state index in [-0.39, 0.29) is 17.1 Å². The van der Waals surface area contributed by atoms with Gasteiger partial charge >= 0.3 is 6.18 Å². The van der Waals surface area contributed by atoms with Crippen molar-refractivity contribution in [1.82, 2.24) is 10.3 Å². The van der Waals surface area contributed by atoms with E-state index < -0.39 is 30.3 Å². The molecule has 0 atom stereocenters. The molecule has 1 aliphatic rings. The van der Waals surface area contributed by atoms with Crippen molar-refractivity contribution < 1.29 is 31.5 Å². The van der Waals surface area contributed by atoms with Crippen molar-refractivity contribution in [3.8, 4) is 17.0 Å². The molecule has 0 radical (unpaired) electrons. The monoisotopic (exact) mass is 403 g/mol. The summed E-state index contributed by atoms with van der Waals surface area (Å²) in [5.41, 5.74) is 6.61. The van der Waals surface area contributed by atoms with Gasteiger partial charge in [0.1, 0.15) is 17.3 Å². The lowest BCUT2D eigenvalue weighted by atomic mass is 9.95. The van der Waals surface area contributed by atoms with Crippen LogP contribution in [0.25, 0.3) is 11.1 Å². The second kappa shape index (κ2) is 8.96. The smallest absolute Gasteiger partial charge is 0.401 e. The van der Waals surface area contributed by atoms with Crippen LogP contribution in [0.1, 0.15) is 22.5 Å². The molecule has 28 heavy (non-hydrogen) atoms. The largest absolute Gasteiger partial charge is 0.477 e. The number of benzene rings is 1. The fourth-order valence-electron chi connectivity index (χ4n) is 2.60. The average Bonchev–Trinajstić information content (AvgIpc) is 2.60. The average molecular weight is 403 g/mol. The Morgan fingerprint density at radius 1 is 1.25 bits per heavy atom. The zero-order chi connectivity index (χ0) is 20.9. The third-order valence-corrected chi connectivity index (χ3v) is 3.75. The van der Waals surface area contributed by atoms with E-state index in [1.54, 1.807) is 0 Å². The molecule has 2 aromatic rings. The number of carbonyl (C=O) groups excluding carboxylic acids is 1. The van der Waals surface area contributed by atoms with Crippen LogP contribution in [0.15, 0.2) is 24.3 Å². The van der Waals surface area contributed by atoms with Gasteiger partial charge in [0, 0.05) is 17.2 Å². The van der Waals surface area contributed by atoms with E-state index in [0.29, 0.717) is 24.2 Å². The lowest BCUT2D eigenvalue weighted by Gasteiger charge is -2.20. The van der Waals surface area contributed by atoms with Crippen molar-refractivity contribution in [3.05, 3.63) is 47.2 Å². The summed E-state index contributed by atoms with van der Waals surface area (Å²) in [5.74, 6) is -1.80. The Hall–Kier alpha value is -2.75. The molecule has 0 spiro atoms. The molecule has 0 unspecified atom stereocenters. The zero-order valence-electron chi connectivity index (χ0n) is 14.9. The van der Waals surface area contributed by atoms with Gasteiger partial charge in [0.15, 0.2) is 0 Å². The maximum Gasteiger partial charge on any atom is 0.401 e. The number of nitrogens with zero attached hydrogens (tertiary/aromatic N) is 1. The quantitative estimate of drug-likeness (QED) is 0.772. The number of hydrogen-bond acceptors (Lipinski definition) is 4. The number of alkyl halides is 3.